The van der Waals surface area contributed by atoms with Crippen molar-refractivity contribution in [2.24, 2.45) is 11.8 Å². The van der Waals surface area contributed by atoms with Crippen molar-refractivity contribution < 1.29 is 32.3 Å². The van der Waals surface area contributed by atoms with Crippen molar-refractivity contribution in [3.8, 4) is 6.07 Å². The van der Waals surface area contributed by atoms with Crippen molar-refractivity contribution in [2.45, 2.75) is 63.8 Å². The molecule has 0 aromatic heterocycles. The van der Waals surface area contributed by atoms with Crippen molar-refractivity contribution in [1.82, 2.24) is 9.80 Å². The van der Waals surface area contributed by atoms with Crippen molar-refractivity contribution in [1.29, 1.82) is 5.26 Å². The number of alkyl halides is 3. The number of nitrogens with zero attached hydrogens (tertiary/aromatic N) is 4. The predicted molar refractivity (Wildman–Crippen MR) is 143 cm³/mol. The molecule has 2 atom stereocenters. The average Bonchev–Trinajstić information content (AvgIpc) is 3.07. The highest BCUT2D eigenvalue weighted by Crippen LogP contribution is 2.41. The summed E-state index contributed by atoms with van der Waals surface area (Å²) in [5, 5.41) is 18.6. The molecule has 4 rings (SSSR count). The Balaban J connectivity index is 1.48. The van der Waals surface area contributed by atoms with E-state index in [1.165, 1.54) is 17.0 Å². The number of piperidine rings is 1. The Hall–Kier alpha value is -3.30. The van der Waals surface area contributed by atoms with Crippen LogP contribution in [-0.4, -0.2) is 62.7 Å². The molecule has 1 N–H and O–H groups in total. The number of benzene rings is 1. The summed E-state index contributed by atoms with van der Waals surface area (Å²) >= 11 is 5.51. The lowest BCUT2D eigenvalue weighted by molar-refractivity contribution is -0.166. The van der Waals surface area contributed by atoms with Gasteiger partial charge >= 0.3 is 6.18 Å². The Morgan fingerprint density at radius 3 is 2.52 bits per heavy atom. The van der Waals surface area contributed by atoms with Crippen LogP contribution in [0.1, 0.15) is 45.1 Å². The maximum absolute atomic E-state index is 15.1. The summed E-state index contributed by atoms with van der Waals surface area (Å²) in [7, 11) is 0. The number of thiocarbonyl (C=S) groups is 1. The van der Waals surface area contributed by atoms with E-state index in [0.29, 0.717) is 44.3 Å². The molecule has 0 spiro atoms. The van der Waals surface area contributed by atoms with Crippen LogP contribution in [0.3, 0.4) is 0 Å². The van der Waals surface area contributed by atoms with E-state index in [2.05, 4.69) is 0 Å². The van der Waals surface area contributed by atoms with Crippen LogP contribution in [-0.2, 0) is 16.0 Å². The monoisotopic (exact) mass is 578 g/mol. The minimum Gasteiger partial charge on any atom is -0.393 e. The first-order chi connectivity index (χ1) is 18.8. The lowest BCUT2D eigenvalue weighted by atomic mass is 9.87. The summed E-state index contributed by atoms with van der Waals surface area (Å²) in [6, 6.07) is 5.99. The minimum atomic E-state index is -4.70. The van der Waals surface area contributed by atoms with Gasteiger partial charge in [0.25, 0.3) is 5.91 Å². The topological polar surface area (TPSA) is 87.9 Å². The summed E-state index contributed by atoms with van der Waals surface area (Å²) in [5.74, 6) is -4.70. The van der Waals surface area contributed by atoms with Crippen molar-refractivity contribution in [2.75, 3.05) is 18.0 Å². The summed E-state index contributed by atoms with van der Waals surface area (Å²) in [6.45, 7) is 4.11. The second-order valence-electron chi connectivity index (χ2n) is 10.7. The van der Waals surface area contributed by atoms with E-state index in [-0.39, 0.29) is 34.9 Å². The molecule has 0 bridgehead atoms. The fourth-order valence-corrected chi connectivity index (χ4v) is 5.80. The molecule has 2 heterocycles. The van der Waals surface area contributed by atoms with E-state index in [4.69, 9.17) is 17.5 Å². The summed E-state index contributed by atoms with van der Waals surface area (Å²) in [6.07, 6.45) is 0.214. The highest BCUT2D eigenvalue weighted by Gasteiger charge is 2.52. The minimum absolute atomic E-state index is 0.0355. The van der Waals surface area contributed by atoms with Gasteiger partial charge in [-0.3, -0.25) is 14.5 Å². The third kappa shape index (κ3) is 5.76. The van der Waals surface area contributed by atoms with Gasteiger partial charge in [0.2, 0.25) is 5.91 Å². The number of halogens is 4. The first-order valence-corrected chi connectivity index (χ1v) is 13.5. The zero-order valence-electron chi connectivity index (χ0n) is 22.1. The standard InChI is InChI=1S/C28H30F4N4O3S/c1-27(2)25(39)35(19-8-7-18(16-33)22(14-19)28(30,31)32)26(40)36(27)20-9-6-17(23(29)15-20)4-3-5-24(38)34-12-10-21(37)11-13-34/h6-9,14-15,18,21-22,37H,3-5,10-13H2,1-2H3. The van der Waals surface area contributed by atoms with Crippen LogP contribution >= 0.6 is 12.2 Å². The maximum atomic E-state index is 15.1. The molecule has 40 heavy (non-hydrogen) atoms. The van der Waals surface area contributed by atoms with Gasteiger partial charge in [-0.25, -0.2) is 4.39 Å². The third-order valence-corrected chi connectivity index (χ3v) is 7.98. The largest absolute Gasteiger partial charge is 0.396 e. The normalized spacial score (nSPS) is 23.4. The van der Waals surface area contributed by atoms with Crippen LogP contribution < -0.4 is 4.90 Å². The molecule has 1 aromatic carbocycles. The maximum Gasteiger partial charge on any atom is 0.396 e. The van der Waals surface area contributed by atoms with Gasteiger partial charge in [0.1, 0.15) is 11.4 Å². The molecule has 3 aliphatic rings. The highest BCUT2D eigenvalue weighted by molar-refractivity contribution is 7.80. The van der Waals surface area contributed by atoms with Crippen molar-refractivity contribution in [3.63, 3.8) is 0 Å². The molecule has 2 amide bonds. The second kappa shape index (κ2) is 11.3. The van der Waals surface area contributed by atoms with Gasteiger partial charge in [-0.15, -0.1) is 0 Å². The second-order valence-corrected chi connectivity index (χ2v) is 11.1. The quantitative estimate of drug-likeness (QED) is 0.392. The molecule has 1 aliphatic carbocycles. The predicted octanol–water partition coefficient (Wildman–Crippen LogP) is 4.62. The van der Waals surface area contributed by atoms with E-state index in [0.717, 1.165) is 17.1 Å². The first-order valence-electron chi connectivity index (χ1n) is 13.0. The molecule has 7 nitrogen and oxygen atoms in total. The fourth-order valence-electron chi connectivity index (χ4n) is 5.27. The van der Waals surface area contributed by atoms with E-state index in [1.54, 1.807) is 36.9 Å². The number of amides is 2. The Kier molecular flexibility index (Phi) is 8.38. The summed E-state index contributed by atoms with van der Waals surface area (Å²) in [5.41, 5.74) is -0.777. The van der Waals surface area contributed by atoms with Gasteiger partial charge in [-0.2, -0.15) is 18.4 Å². The number of likely N-dealkylation sites (tertiary alicyclic amines) is 1. The number of carbonyl (C=O) groups excluding carboxylic acids is 2. The molecule has 0 saturated carbocycles. The molecule has 12 heteroatoms. The van der Waals surface area contributed by atoms with Crippen LogP contribution in [0.25, 0.3) is 0 Å². The smallest absolute Gasteiger partial charge is 0.393 e. The Bertz CT molecular complexity index is 1300. The zero-order valence-corrected chi connectivity index (χ0v) is 22.9. The lowest BCUT2D eigenvalue weighted by Crippen LogP contribution is -2.44. The number of anilines is 1. The SMILES string of the molecule is CC1(C)C(=O)N(C2=CC(C(F)(F)F)C(C#N)C=C2)C(=S)N1c1ccc(CCCC(=O)N2CCC(O)CC2)c(F)c1. The molecule has 2 aliphatic heterocycles. The number of hydrogen-bond donors (Lipinski definition) is 1. The number of allylic oxidation sites excluding steroid dienone is 3. The van der Waals surface area contributed by atoms with E-state index in [9.17, 15) is 27.9 Å². The molecule has 1 aromatic rings. The van der Waals surface area contributed by atoms with Gasteiger partial charge < -0.3 is 14.9 Å². The summed E-state index contributed by atoms with van der Waals surface area (Å²) in [4.78, 5) is 29.9. The van der Waals surface area contributed by atoms with Crippen LogP contribution in [0.5, 0.6) is 0 Å². The number of aliphatic hydroxyl groups excluding tert-OH is 1. The summed E-state index contributed by atoms with van der Waals surface area (Å²) < 4.78 is 56.0. The number of hydrogen-bond acceptors (Lipinski definition) is 5. The number of rotatable bonds is 6. The van der Waals surface area contributed by atoms with Gasteiger partial charge in [0, 0.05) is 30.9 Å². The lowest BCUT2D eigenvalue weighted by Gasteiger charge is -2.30. The third-order valence-electron chi connectivity index (χ3n) is 7.61. The van der Waals surface area contributed by atoms with E-state index in [1.807, 2.05) is 0 Å². The van der Waals surface area contributed by atoms with Gasteiger partial charge in [0.05, 0.1) is 24.0 Å². The molecule has 214 valence electrons. The highest BCUT2D eigenvalue weighted by atomic mass is 32.1. The molecular weight excluding hydrogens is 548 g/mol. The molecule has 2 unspecified atom stereocenters. The van der Waals surface area contributed by atoms with Crippen LogP contribution in [0.4, 0.5) is 23.2 Å². The Morgan fingerprint density at radius 2 is 1.93 bits per heavy atom. The fraction of sp³-hybridized carbons (Fsp3) is 0.500. The van der Waals surface area contributed by atoms with Crippen molar-refractivity contribution in [3.05, 3.63) is 53.5 Å². The van der Waals surface area contributed by atoms with E-state index >= 15 is 4.39 Å². The van der Waals surface area contributed by atoms with Gasteiger partial charge in [0.15, 0.2) is 5.11 Å². The Morgan fingerprint density at radius 1 is 1.25 bits per heavy atom. The number of aryl methyl sites for hydroxylation is 1. The van der Waals surface area contributed by atoms with E-state index < -0.39 is 35.3 Å². The first kappa shape index (κ1) is 29.7. The van der Waals surface area contributed by atoms with Crippen LogP contribution in [0.2, 0.25) is 0 Å². The van der Waals surface area contributed by atoms with Crippen LogP contribution in [0, 0.1) is 29.0 Å². The Labute approximate surface area is 235 Å². The molecule has 2 fully saturated rings. The number of aliphatic hydroxyl groups is 1. The molecular formula is C28H30F4N4O3S. The van der Waals surface area contributed by atoms with Crippen LogP contribution in [0.15, 0.2) is 42.1 Å². The molecule has 2 saturated heterocycles. The van der Waals surface area contributed by atoms with Gasteiger partial charge in [-0.1, -0.05) is 12.1 Å². The molecule has 0 radical (unpaired) electrons. The number of carbonyl (C=O) groups is 2. The van der Waals surface area contributed by atoms with Gasteiger partial charge in [-0.05, 0) is 81.6 Å². The average molecular weight is 579 g/mol. The van der Waals surface area contributed by atoms with Crippen molar-refractivity contribution >= 4 is 34.8 Å². The number of nitriles is 1. The zero-order chi connectivity index (χ0) is 29.4.